The van der Waals surface area contributed by atoms with Crippen molar-refractivity contribution in [1.29, 1.82) is 0 Å². The Hall–Kier alpha value is -3.58. The zero-order valence-corrected chi connectivity index (χ0v) is 17.7. The van der Waals surface area contributed by atoms with Crippen LogP contribution in [0.2, 0.25) is 0 Å². The van der Waals surface area contributed by atoms with Gasteiger partial charge in [-0.05, 0) is 47.7 Å². The maximum Gasteiger partial charge on any atom is 0.282 e. The van der Waals surface area contributed by atoms with Crippen molar-refractivity contribution >= 4 is 40.1 Å². The van der Waals surface area contributed by atoms with E-state index in [0.717, 1.165) is 16.9 Å². The van der Waals surface area contributed by atoms with Crippen LogP contribution in [0, 0.1) is 0 Å². The fourth-order valence-corrected chi connectivity index (χ4v) is 4.44. The summed E-state index contributed by atoms with van der Waals surface area (Å²) in [5.41, 5.74) is 2.97. The molecule has 3 heterocycles. The van der Waals surface area contributed by atoms with Crippen LogP contribution in [-0.4, -0.2) is 25.0 Å². The van der Waals surface area contributed by atoms with Crippen molar-refractivity contribution in [3.05, 3.63) is 76.1 Å². The largest absolute Gasteiger partial charge is 0.486 e. The monoisotopic (exact) mass is 432 g/mol. The van der Waals surface area contributed by atoms with Crippen molar-refractivity contribution in [3.8, 4) is 11.5 Å². The lowest BCUT2D eigenvalue weighted by Gasteiger charge is -2.19. The fraction of sp³-hybridized carbons (Fsp3) is 0.167. The first-order valence-corrected chi connectivity index (χ1v) is 11.0. The predicted molar refractivity (Wildman–Crippen MR) is 121 cm³/mol. The SMILES string of the molecule is CCc1ccc(N2C(=O)C(Nc3ccc4c(c3)OCCO4)=C(c3cccs3)C2=O)cc1. The molecule has 0 fully saturated rings. The molecule has 2 aliphatic heterocycles. The Bertz CT molecular complexity index is 1180. The average molecular weight is 433 g/mol. The molecule has 0 bridgehead atoms. The number of rotatable bonds is 5. The van der Waals surface area contributed by atoms with Crippen LogP contribution in [0.4, 0.5) is 11.4 Å². The molecule has 1 aromatic heterocycles. The number of anilines is 2. The summed E-state index contributed by atoms with van der Waals surface area (Å²) in [6.07, 6.45) is 0.887. The van der Waals surface area contributed by atoms with Crippen LogP contribution in [0.5, 0.6) is 11.5 Å². The second kappa shape index (κ2) is 7.92. The third-order valence-corrected chi connectivity index (χ3v) is 6.15. The minimum atomic E-state index is -0.382. The first kappa shape index (κ1) is 19.4. The molecule has 0 saturated carbocycles. The van der Waals surface area contributed by atoms with E-state index in [1.54, 1.807) is 12.1 Å². The Morgan fingerprint density at radius 2 is 1.74 bits per heavy atom. The third kappa shape index (κ3) is 3.47. The average Bonchev–Trinajstić information content (AvgIpc) is 3.40. The van der Waals surface area contributed by atoms with Crippen LogP contribution in [0.3, 0.4) is 0 Å². The summed E-state index contributed by atoms with van der Waals surface area (Å²) in [5, 5.41) is 5.06. The Kier molecular flexibility index (Phi) is 4.95. The van der Waals surface area contributed by atoms with Gasteiger partial charge in [0.2, 0.25) is 0 Å². The highest BCUT2D eigenvalue weighted by Crippen LogP contribution is 2.37. The summed E-state index contributed by atoms with van der Waals surface area (Å²) in [5.74, 6) is 0.554. The number of hydrogen-bond donors (Lipinski definition) is 1. The van der Waals surface area contributed by atoms with Crippen LogP contribution in [-0.2, 0) is 16.0 Å². The molecule has 156 valence electrons. The van der Waals surface area contributed by atoms with Gasteiger partial charge >= 0.3 is 0 Å². The van der Waals surface area contributed by atoms with Gasteiger partial charge in [0.1, 0.15) is 18.9 Å². The van der Waals surface area contributed by atoms with Crippen molar-refractivity contribution in [3.63, 3.8) is 0 Å². The Morgan fingerprint density at radius 3 is 2.45 bits per heavy atom. The smallest absolute Gasteiger partial charge is 0.282 e. The van der Waals surface area contributed by atoms with Crippen LogP contribution >= 0.6 is 11.3 Å². The molecule has 0 unspecified atom stereocenters. The van der Waals surface area contributed by atoms with Crippen LogP contribution < -0.4 is 19.7 Å². The summed E-state index contributed by atoms with van der Waals surface area (Å²) >= 11 is 1.42. The van der Waals surface area contributed by atoms with E-state index in [4.69, 9.17) is 9.47 Å². The number of thiophene rings is 1. The van der Waals surface area contributed by atoms with Gasteiger partial charge in [-0.1, -0.05) is 25.1 Å². The van der Waals surface area contributed by atoms with E-state index in [0.29, 0.717) is 41.7 Å². The molecule has 31 heavy (non-hydrogen) atoms. The van der Waals surface area contributed by atoms with Gasteiger partial charge in [0.25, 0.3) is 11.8 Å². The number of nitrogens with zero attached hydrogens (tertiary/aromatic N) is 1. The quantitative estimate of drug-likeness (QED) is 0.602. The number of nitrogens with one attached hydrogen (secondary N) is 1. The van der Waals surface area contributed by atoms with E-state index < -0.39 is 0 Å². The zero-order valence-electron chi connectivity index (χ0n) is 16.9. The number of carbonyl (C=O) groups excluding carboxylic acids is 2. The van der Waals surface area contributed by atoms with Gasteiger partial charge in [0.05, 0.1) is 11.3 Å². The Morgan fingerprint density at radius 1 is 0.968 bits per heavy atom. The number of fused-ring (bicyclic) bond motifs is 1. The summed E-state index contributed by atoms with van der Waals surface area (Å²) in [7, 11) is 0. The summed E-state index contributed by atoms with van der Waals surface area (Å²) in [4.78, 5) is 28.7. The molecule has 0 atom stereocenters. The molecule has 5 rings (SSSR count). The molecule has 2 aliphatic rings. The first-order chi connectivity index (χ1) is 15.2. The standard InChI is InChI=1S/C24H20N2O4S/c1-2-15-5-8-17(9-6-15)26-23(27)21(20-4-3-13-31-20)22(24(26)28)25-16-7-10-18-19(14-16)30-12-11-29-18/h3-10,13-14,25H,2,11-12H2,1H3. The molecule has 0 aliphatic carbocycles. The summed E-state index contributed by atoms with van der Waals surface area (Å²) in [6, 6.07) is 16.6. The van der Waals surface area contributed by atoms with E-state index >= 15 is 0 Å². The molecule has 2 amide bonds. The summed E-state index contributed by atoms with van der Waals surface area (Å²) in [6.45, 7) is 3.04. The molecular formula is C24H20N2O4S. The topological polar surface area (TPSA) is 67.9 Å². The third-order valence-electron chi connectivity index (χ3n) is 5.27. The minimum absolute atomic E-state index is 0.253. The van der Waals surface area contributed by atoms with Crippen LogP contribution in [0.15, 0.2) is 65.7 Å². The highest BCUT2D eigenvalue weighted by molar-refractivity contribution is 7.11. The highest BCUT2D eigenvalue weighted by atomic mass is 32.1. The van der Waals surface area contributed by atoms with Gasteiger partial charge in [0, 0.05) is 16.6 Å². The van der Waals surface area contributed by atoms with Gasteiger partial charge in [-0.25, -0.2) is 4.90 Å². The number of benzene rings is 2. The Labute approximate surface area is 183 Å². The second-order valence-corrected chi connectivity index (χ2v) is 8.12. The maximum absolute atomic E-state index is 13.4. The first-order valence-electron chi connectivity index (χ1n) is 10.1. The molecular weight excluding hydrogens is 412 g/mol. The van der Waals surface area contributed by atoms with Crippen LogP contribution in [0.1, 0.15) is 17.4 Å². The molecule has 6 nitrogen and oxygen atoms in total. The van der Waals surface area contributed by atoms with Crippen molar-refractivity contribution in [1.82, 2.24) is 0 Å². The van der Waals surface area contributed by atoms with Gasteiger partial charge in [0.15, 0.2) is 11.5 Å². The number of imide groups is 1. The van der Waals surface area contributed by atoms with Crippen molar-refractivity contribution in [2.24, 2.45) is 0 Å². The minimum Gasteiger partial charge on any atom is -0.486 e. The van der Waals surface area contributed by atoms with Gasteiger partial charge in [-0.2, -0.15) is 0 Å². The van der Waals surface area contributed by atoms with Crippen molar-refractivity contribution in [2.45, 2.75) is 13.3 Å². The van der Waals surface area contributed by atoms with Crippen molar-refractivity contribution < 1.29 is 19.1 Å². The van der Waals surface area contributed by atoms with Gasteiger partial charge in [-0.15, -0.1) is 11.3 Å². The lowest BCUT2D eigenvalue weighted by molar-refractivity contribution is -0.120. The number of aryl methyl sites for hydroxylation is 1. The second-order valence-electron chi connectivity index (χ2n) is 7.18. The summed E-state index contributed by atoms with van der Waals surface area (Å²) < 4.78 is 11.2. The fourth-order valence-electron chi connectivity index (χ4n) is 3.68. The Balaban J connectivity index is 1.53. The van der Waals surface area contributed by atoms with Crippen molar-refractivity contribution in [2.75, 3.05) is 23.4 Å². The van der Waals surface area contributed by atoms with Gasteiger partial charge < -0.3 is 14.8 Å². The number of ether oxygens (including phenoxy) is 2. The lowest BCUT2D eigenvalue weighted by Crippen LogP contribution is -2.32. The zero-order chi connectivity index (χ0) is 21.4. The van der Waals surface area contributed by atoms with E-state index in [9.17, 15) is 9.59 Å². The van der Waals surface area contributed by atoms with E-state index in [1.807, 2.05) is 47.8 Å². The molecule has 0 radical (unpaired) electrons. The molecule has 2 aromatic carbocycles. The van der Waals surface area contributed by atoms with E-state index in [2.05, 4.69) is 12.2 Å². The number of hydrogen-bond acceptors (Lipinski definition) is 6. The maximum atomic E-state index is 13.4. The molecule has 0 spiro atoms. The van der Waals surface area contributed by atoms with E-state index in [-0.39, 0.29) is 17.5 Å². The normalized spacial score (nSPS) is 15.6. The van der Waals surface area contributed by atoms with E-state index in [1.165, 1.54) is 16.2 Å². The molecule has 7 heteroatoms. The highest BCUT2D eigenvalue weighted by Gasteiger charge is 2.40. The number of carbonyl (C=O) groups is 2. The van der Waals surface area contributed by atoms with Crippen LogP contribution in [0.25, 0.3) is 5.57 Å². The predicted octanol–water partition coefficient (Wildman–Crippen LogP) is 4.48. The molecule has 1 N–H and O–H groups in total. The molecule has 0 saturated heterocycles. The number of amides is 2. The lowest BCUT2D eigenvalue weighted by atomic mass is 10.1. The van der Waals surface area contributed by atoms with Gasteiger partial charge in [-0.3, -0.25) is 9.59 Å². The molecule has 3 aromatic rings.